The highest BCUT2D eigenvalue weighted by molar-refractivity contribution is 5.35. The van der Waals surface area contributed by atoms with Crippen molar-refractivity contribution in [3.05, 3.63) is 29.3 Å². The maximum absolute atomic E-state index is 9.50. The molecule has 1 aromatic carbocycles. The highest BCUT2D eigenvalue weighted by Crippen LogP contribution is 2.27. The Morgan fingerprint density at radius 3 is 2.76 bits per heavy atom. The molecule has 1 saturated carbocycles. The lowest BCUT2D eigenvalue weighted by atomic mass is 9.92. The SMILES string of the molecule is CCC(C#N)(CCCOc1cc(C)ccc1C)NC1CC1. The van der Waals surface area contributed by atoms with Crippen molar-refractivity contribution in [1.82, 2.24) is 5.32 Å². The van der Waals surface area contributed by atoms with Crippen LogP contribution in [0.3, 0.4) is 0 Å². The summed E-state index contributed by atoms with van der Waals surface area (Å²) in [5.41, 5.74) is 2.01. The molecule has 1 fully saturated rings. The quantitative estimate of drug-likeness (QED) is 0.737. The van der Waals surface area contributed by atoms with Crippen LogP contribution in [0.25, 0.3) is 0 Å². The van der Waals surface area contributed by atoms with Gasteiger partial charge >= 0.3 is 0 Å². The van der Waals surface area contributed by atoms with E-state index < -0.39 is 0 Å². The Bertz CT molecular complexity index is 516. The van der Waals surface area contributed by atoms with Gasteiger partial charge in [-0.3, -0.25) is 5.32 Å². The summed E-state index contributed by atoms with van der Waals surface area (Å²) in [4.78, 5) is 0. The Morgan fingerprint density at radius 1 is 1.38 bits per heavy atom. The van der Waals surface area contributed by atoms with Crippen molar-refractivity contribution in [3.8, 4) is 11.8 Å². The van der Waals surface area contributed by atoms with Crippen LogP contribution in [0.2, 0.25) is 0 Å². The lowest BCUT2D eigenvalue weighted by Crippen LogP contribution is -2.44. The first-order chi connectivity index (χ1) is 10.1. The van der Waals surface area contributed by atoms with Crippen LogP contribution in [0.1, 0.15) is 50.2 Å². The fourth-order valence-corrected chi connectivity index (χ4v) is 2.56. The number of nitrogens with zero attached hydrogens (tertiary/aromatic N) is 1. The molecule has 1 N–H and O–H groups in total. The van der Waals surface area contributed by atoms with E-state index in [4.69, 9.17) is 4.74 Å². The summed E-state index contributed by atoms with van der Waals surface area (Å²) in [7, 11) is 0. The molecule has 0 spiro atoms. The summed E-state index contributed by atoms with van der Waals surface area (Å²) >= 11 is 0. The fourth-order valence-electron chi connectivity index (χ4n) is 2.56. The van der Waals surface area contributed by atoms with Crippen LogP contribution < -0.4 is 10.1 Å². The number of benzene rings is 1. The van der Waals surface area contributed by atoms with E-state index in [1.165, 1.54) is 24.0 Å². The first kappa shape index (κ1) is 15.9. The third-order valence-electron chi connectivity index (χ3n) is 4.22. The number of hydrogen-bond donors (Lipinski definition) is 1. The van der Waals surface area contributed by atoms with Gasteiger partial charge in [0.1, 0.15) is 11.3 Å². The fraction of sp³-hybridized carbons (Fsp3) is 0.611. The molecule has 0 bridgehead atoms. The molecule has 0 aromatic heterocycles. The third kappa shape index (κ3) is 4.47. The second-order valence-electron chi connectivity index (χ2n) is 6.19. The summed E-state index contributed by atoms with van der Waals surface area (Å²) in [5, 5.41) is 13.0. The predicted molar refractivity (Wildman–Crippen MR) is 85.4 cm³/mol. The molecule has 21 heavy (non-hydrogen) atoms. The predicted octanol–water partition coefficient (Wildman–Crippen LogP) is 3.89. The first-order valence-electron chi connectivity index (χ1n) is 7.97. The van der Waals surface area contributed by atoms with Crippen molar-refractivity contribution >= 4 is 0 Å². The molecular formula is C18H26N2O. The molecule has 2 rings (SSSR count). The van der Waals surface area contributed by atoms with Crippen molar-refractivity contribution in [2.24, 2.45) is 0 Å². The molecule has 3 heteroatoms. The van der Waals surface area contributed by atoms with Crippen molar-refractivity contribution < 1.29 is 4.74 Å². The highest BCUT2D eigenvalue weighted by Gasteiger charge is 2.34. The standard InChI is InChI=1S/C18H26N2O/c1-4-18(13-19,20-16-8-9-16)10-5-11-21-17-12-14(2)6-7-15(17)3/h6-7,12,16,20H,4-5,8-11H2,1-3H3. The van der Waals surface area contributed by atoms with Gasteiger partial charge in [0.15, 0.2) is 0 Å². The Labute approximate surface area is 128 Å². The summed E-state index contributed by atoms with van der Waals surface area (Å²) in [6, 6.07) is 9.31. The maximum Gasteiger partial charge on any atom is 0.122 e. The van der Waals surface area contributed by atoms with Gasteiger partial charge in [-0.25, -0.2) is 0 Å². The molecule has 0 aliphatic heterocycles. The molecule has 3 nitrogen and oxygen atoms in total. The van der Waals surface area contributed by atoms with Crippen molar-refractivity contribution in [1.29, 1.82) is 5.26 Å². The van der Waals surface area contributed by atoms with Crippen LogP contribution >= 0.6 is 0 Å². The molecule has 1 aliphatic carbocycles. The highest BCUT2D eigenvalue weighted by atomic mass is 16.5. The molecule has 0 radical (unpaired) electrons. The first-order valence-corrected chi connectivity index (χ1v) is 7.97. The molecule has 1 atom stereocenters. The second kappa shape index (κ2) is 6.95. The molecule has 1 aliphatic rings. The zero-order chi connectivity index (χ0) is 15.3. The maximum atomic E-state index is 9.50. The Balaban J connectivity index is 1.82. The van der Waals surface area contributed by atoms with Gasteiger partial charge in [0.05, 0.1) is 12.7 Å². The van der Waals surface area contributed by atoms with E-state index in [-0.39, 0.29) is 5.54 Å². The normalized spacial score (nSPS) is 17.0. The Hall–Kier alpha value is -1.53. The number of aryl methyl sites for hydroxylation is 2. The summed E-state index contributed by atoms with van der Waals surface area (Å²) in [6.07, 6.45) is 5.02. The van der Waals surface area contributed by atoms with E-state index in [1.807, 2.05) is 0 Å². The molecule has 1 unspecified atom stereocenters. The van der Waals surface area contributed by atoms with Gasteiger partial charge in [-0.05, 0) is 63.1 Å². The molecule has 0 saturated heterocycles. The van der Waals surface area contributed by atoms with Gasteiger partial charge in [0.2, 0.25) is 0 Å². The smallest absolute Gasteiger partial charge is 0.122 e. The van der Waals surface area contributed by atoms with Crippen molar-refractivity contribution in [2.75, 3.05) is 6.61 Å². The zero-order valence-corrected chi connectivity index (χ0v) is 13.4. The minimum atomic E-state index is -0.369. The molecule has 114 valence electrons. The van der Waals surface area contributed by atoms with Crippen LogP contribution in [0.15, 0.2) is 18.2 Å². The van der Waals surface area contributed by atoms with E-state index in [0.717, 1.165) is 25.0 Å². The number of rotatable bonds is 8. The number of nitrogens with one attached hydrogen (secondary N) is 1. The largest absolute Gasteiger partial charge is 0.493 e. The number of nitriles is 1. The van der Waals surface area contributed by atoms with Gasteiger partial charge in [-0.1, -0.05) is 19.1 Å². The van der Waals surface area contributed by atoms with Gasteiger partial charge in [-0.15, -0.1) is 0 Å². The van der Waals surface area contributed by atoms with Gasteiger partial charge in [-0.2, -0.15) is 5.26 Å². The van der Waals surface area contributed by atoms with E-state index in [9.17, 15) is 5.26 Å². The van der Waals surface area contributed by atoms with Crippen LogP contribution in [-0.2, 0) is 0 Å². The third-order valence-corrected chi connectivity index (χ3v) is 4.22. The van der Waals surface area contributed by atoms with E-state index in [2.05, 4.69) is 50.4 Å². The second-order valence-corrected chi connectivity index (χ2v) is 6.19. The lowest BCUT2D eigenvalue weighted by Gasteiger charge is -2.26. The number of ether oxygens (including phenoxy) is 1. The van der Waals surface area contributed by atoms with Crippen molar-refractivity contribution in [2.45, 2.75) is 64.5 Å². The number of hydrogen-bond acceptors (Lipinski definition) is 3. The van der Waals surface area contributed by atoms with Gasteiger partial charge in [0.25, 0.3) is 0 Å². The van der Waals surface area contributed by atoms with Crippen LogP contribution in [0, 0.1) is 25.2 Å². The molecule has 0 amide bonds. The van der Waals surface area contributed by atoms with Crippen LogP contribution in [-0.4, -0.2) is 18.2 Å². The average Bonchev–Trinajstić information content (AvgIpc) is 3.29. The van der Waals surface area contributed by atoms with Gasteiger partial charge < -0.3 is 4.74 Å². The molecular weight excluding hydrogens is 260 g/mol. The van der Waals surface area contributed by atoms with E-state index >= 15 is 0 Å². The minimum Gasteiger partial charge on any atom is -0.493 e. The molecule has 0 heterocycles. The minimum absolute atomic E-state index is 0.369. The van der Waals surface area contributed by atoms with Crippen LogP contribution in [0.4, 0.5) is 0 Å². The summed E-state index contributed by atoms with van der Waals surface area (Å²) in [6.45, 7) is 6.89. The van der Waals surface area contributed by atoms with E-state index in [1.54, 1.807) is 0 Å². The van der Waals surface area contributed by atoms with E-state index in [0.29, 0.717) is 12.6 Å². The molecule has 1 aromatic rings. The Morgan fingerprint density at radius 2 is 2.14 bits per heavy atom. The monoisotopic (exact) mass is 286 g/mol. The summed E-state index contributed by atoms with van der Waals surface area (Å²) < 4.78 is 5.89. The van der Waals surface area contributed by atoms with Crippen LogP contribution in [0.5, 0.6) is 5.75 Å². The zero-order valence-electron chi connectivity index (χ0n) is 13.4. The van der Waals surface area contributed by atoms with Gasteiger partial charge in [0, 0.05) is 6.04 Å². The average molecular weight is 286 g/mol. The summed E-state index contributed by atoms with van der Waals surface area (Å²) in [5.74, 6) is 0.962. The topological polar surface area (TPSA) is 45.0 Å². The van der Waals surface area contributed by atoms with Crippen molar-refractivity contribution in [3.63, 3.8) is 0 Å². The Kier molecular flexibility index (Phi) is 5.25. The lowest BCUT2D eigenvalue weighted by molar-refractivity contribution is 0.273.